The van der Waals surface area contributed by atoms with E-state index < -0.39 is 6.10 Å². The molecular formula is C26H36Br2O3. The van der Waals surface area contributed by atoms with Gasteiger partial charge in [-0.25, -0.2) is 0 Å². The molecule has 3 aromatic carbocycles. The number of aliphatic hydroxyl groups is 1. The lowest BCUT2D eigenvalue weighted by Crippen LogP contribution is -2.25. The summed E-state index contributed by atoms with van der Waals surface area (Å²) in [6.07, 6.45) is 0.540. The molecule has 3 rings (SSSR count). The van der Waals surface area contributed by atoms with Crippen molar-refractivity contribution < 1.29 is 14.6 Å². The Bertz CT molecular complexity index is 839. The molecule has 0 spiro atoms. The van der Waals surface area contributed by atoms with Crippen molar-refractivity contribution in [3.63, 3.8) is 0 Å². The fourth-order valence-electron chi connectivity index (χ4n) is 2.30. The van der Waals surface area contributed by atoms with Gasteiger partial charge in [-0.3, -0.25) is 0 Å². The van der Waals surface area contributed by atoms with E-state index in [0.29, 0.717) is 5.75 Å². The minimum absolute atomic E-state index is 0.160. The number of hydrogen-bond acceptors (Lipinski definition) is 3. The molecular weight excluding hydrogens is 520 g/mol. The molecule has 31 heavy (non-hydrogen) atoms. The lowest BCUT2D eigenvalue weighted by molar-refractivity contribution is 0.0624. The van der Waals surface area contributed by atoms with Crippen molar-refractivity contribution in [2.75, 3.05) is 13.2 Å². The van der Waals surface area contributed by atoms with Crippen LogP contribution in [0.5, 0.6) is 11.5 Å². The number of ether oxygens (including phenoxy) is 2. The Hall–Kier alpha value is -1.56. The molecule has 0 aliphatic rings. The van der Waals surface area contributed by atoms with Gasteiger partial charge >= 0.3 is 0 Å². The van der Waals surface area contributed by atoms with Crippen molar-refractivity contribution >= 4 is 42.6 Å². The minimum atomic E-state index is -0.710. The largest absolute Gasteiger partial charge is 0.491 e. The molecule has 5 heteroatoms. The first-order valence-corrected chi connectivity index (χ1v) is 12.5. The first-order valence-electron chi connectivity index (χ1n) is 10.9. The second-order valence-electron chi connectivity index (χ2n) is 6.04. The molecule has 0 saturated carbocycles. The van der Waals surface area contributed by atoms with Crippen LogP contribution in [0.1, 0.15) is 48.0 Å². The van der Waals surface area contributed by atoms with Crippen molar-refractivity contribution in [3.8, 4) is 11.5 Å². The Morgan fingerprint density at radius 3 is 2.00 bits per heavy atom. The predicted octanol–water partition coefficient (Wildman–Crippen LogP) is 8.65. The Morgan fingerprint density at radius 1 is 0.806 bits per heavy atom. The Balaban J connectivity index is 0.00000116. The standard InChI is InChI=1S/C19H16Br2O3.C3H8.2C2H6/c20-14-7-8-17-13(10-14)6-9-18(19(17)21)24-12-15(22)11-23-16-4-2-1-3-5-16;1-3-2;2*1-2/h1-10,15,22H,11-12H2;3H2,1-2H3;2*1-2H3. The first-order chi connectivity index (χ1) is 15.0. The predicted molar refractivity (Wildman–Crippen MR) is 141 cm³/mol. The van der Waals surface area contributed by atoms with E-state index in [1.54, 1.807) is 0 Å². The van der Waals surface area contributed by atoms with Crippen LogP contribution in [0.25, 0.3) is 10.8 Å². The number of hydrogen-bond donors (Lipinski definition) is 1. The summed E-state index contributed by atoms with van der Waals surface area (Å²) in [6.45, 7) is 12.6. The molecule has 0 aliphatic carbocycles. The first kappa shape index (κ1) is 29.4. The third-order valence-electron chi connectivity index (χ3n) is 3.50. The van der Waals surface area contributed by atoms with E-state index in [0.717, 1.165) is 25.5 Å². The second-order valence-corrected chi connectivity index (χ2v) is 7.75. The summed E-state index contributed by atoms with van der Waals surface area (Å²) in [4.78, 5) is 0. The van der Waals surface area contributed by atoms with Gasteiger partial charge in [0.2, 0.25) is 0 Å². The molecule has 3 nitrogen and oxygen atoms in total. The van der Waals surface area contributed by atoms with Crippen molar-refractivity contribution in [2.24, 2.45) is 0 Å². The Kier molecular flexibility index (Phi) is 17.1. The van der Waals surface area contributed by atoms with E-state index in [4.69, 9.17) is 9.47 Å². The van der Waals surface area contributed by atoms with Gasteiger partial charge in [0, 0.05) is 4.47 Å². The normalized spacial score (nSPS) is 10.4. The zero-order chi connectivity index (χ0) is 23.6. The van der Waals surface area contributed by atoms with Crippen LogP contribution in [0.3, 0.4) is 0 Å². The van der Waals surface area contributed by atoms with E-state index in [2.05, 4.69) is 45.7 Å². The van der Waals surface area contributed by atoms with Gasteiger partial charge in [0.25, 0.3) is 0 Å². The van der Waals surface area contributed by atoms with Crippen LogP contribution in [-0.4, -0.2) is 24.4 Å². The fourth-order valence-corrected chi connectivity index (χ4v) is 3.28. The highest BCUT2D eigenvalue weighted by Gasteiger charge is 2.10. The third-order valence-corrected chi connectivity index (χ3v) is 4.81. The molecule has 0 aromatic heterocycles. The summed E-state index contributed by atoms with van der Waals surface area (Å²) in [6, 6.07) is 19.3. The quantitative estimate of drug-likeness (QED) is 0.330. The molecule has 0 amide bonds. The zero-order valence-electron chi connectivity index (χ0n) is 19.5. The average Bonchev–Trinajstić information content (AvgIpc) is 2.81. The maximum absolute atomic E-state index is 10.0. The van der Waals surface area contributed by atoms with Gasteiger partial charge in [-0.1, -0.05) is 94.2 Å². The van der Waals surface area contributed by atoms with Gasteiger partial charge in [0.1, 0.15) is 30.8 Å². The highest BCUT2D eigenvalue weighted by Crippen LogP contribution is 2.34. The average molecular weight is 556 g/mol. The van der Waals surface area contributed by atoms with Crippen molar-refractivity contribution in [1.29, 1.82) is 0 Å². The minimum Gasteiger partial charge on any atom is -0.491 e. The summed E-state index contributed by atoms with van der Waals surface area (Å²) >= 11 is 7.05. The fraction of sp³-hybridized carbons (Fsp3) is 0.385. The smallest absolute Gasteiger partial charge is 0.134 e. The van der Waals surface area contributed by atoms with Crippen LogP contribution in [-0.2, 0) is 0 Å². The number of para-hydroxylation sites is 1. The van der Waals surface area contributed by atoms with Gasteiger partial charge < -0.3 is 14.6 Å². The van der Waals surface area contributed by atoms with E-state index in [9.17, 15) is 5.11 Å². The molecule has 3 aromatic rings. The highest BCUT2D eigenvalue weighted by atomic mass is 79.9. The maximum Gasteiger partial charge on any atom is 0.134 e. The topological polar surface area (TPSA) is 38.7 Å². The third kappa shape index (κ3) is 11.0. The van der Waals surface area contributed by atoms with Crippen LogP contribution in [0.15, 0.2) is 69.6 Å². The van der Waals surface area contributed by atoms with Gasteiger partial charge in [-0.2, -0.15) is 0 Å². The highest BCUT2D eigenvalue weighted by molar-refractivity contribution is 9.11. The molecule has 0 aliphatic heterocycles. The Labute approximate surface area is 205 Å². The molecule has 1 unspecified atom stereocenters. The molecule has 1 N–H and O–H groups in total. The zero-order valence-corrected chi connectivity index (χ0v) is 22.7. The van der Waals surface area contributed by atoms with Crippen molar-refractivity contribution in [1.82, 2.24) is 0 Å². The van der Waals surface area contributed by atoms with E-state index >= 15 is 0 Å². The summed E-state index contributed by atoms with van der Waals surface area (Å²) in [5, 5.41) is 12.2. The van der Waals surface area contributed by atoms with Gasteiger partial charge in [-0.15, -0.1) is 0 Å². The van der Waals surface area contributed by atoms with Gasteiger partial charge in [-0.05, 0) is 57.0 Å². The van der Waals surface area contributed by atoms with Crippen LogP contribution in [0.4, 0.5) is 0 Å². The molecule has 0 saturated heterocycles. The molecule has 0 fully saturated rings. The number of fused-ring (bicyclic) bond motifs is 1. The maximum atomic E-state index is 10.0. The van der Waals surface area contributed by atoms with Crippen molar-refractivity contribution in [3.05, 3.63) is 69.6 Å². The summed E-state index contributed by atoms with van der Waals surface area (Å²) in [5.74, 6) is 1.43. The van der Waals surface area contributed by atoms with Crippen LogP contribution in [0, 0.1) is 0 Å². The molecule has 172 valence electrons. The van der Waals surface area contributed by atoms with Crippen LogP contribution in [0.2, 0.25) is 0 Å². The molecule has 0 radical (unpaired) electrons. The van der Waals surface area contributed by atoms with Crippen LogP contribution < -0.4 is 9.47 Å². The van der Waals surface area contributed by atoms with E-state index in [1.165, 1.54) is 6.42 Å². The SMILES string of the molecule is CC.CC.CCC.OC(COc1ccccc1)COc1ccc2cc(Br)ccc2c1Br. The summed E-state index contributed by atoms with van der Waals surface area (Å²) in [7, 11) is 0. The molecule has 0 bridgehead atoms. The van der Waals surface area contributed by atoms with E-state index in [1.807, 2.05) is 88.4 Å². The monoisotopic (exact) mass is 554 g/mol. The Morgan fingerprint density at radius 2 is 1.39 bits per heavy atom. The summed E-state index contributed by atoms with van der Waals surface area (Å²) in [5.41, 5.74) is 0. The second kappa shape index (κ2) is 18.1. The lowest BCUT2D eigenvalue weighted by atomic mass is 10.1. The number of benzene rings is 3. The van der Waals surface area contributed by atoms with Crippen molar-refractivity contribution in [2.45, 2.75) is 54.1 Å². The van der Waals surface area contributed by atoms with Crippen LogP contribution >= 0.6 is 31.9 Å². The summed E-state index contributed by atoms with van der Waals surface area (Å²) < 4.78 is 13.2. The molecule has 0 heterocycles. The van der Waals surface area contributed by atoms with E-state index in [-0.39, 0.29) is 13.2 Å². The molecule has 1 atom stereocenters. The number of rotatable bonds is 6. The number of aliphatic hydroxyl groups excluding tert-OH is 1. The van der Waals surface area contributed by atoms with Gasteiger partial charge in [0.05, 0.1) is 4.47 Å². The van der Waals surface area contributed by atoms with Gasteiger partial charge in [0.15, 0.2) is 0 Å². The lowest BCUT2D eigenvalue weighted by Gasteiger charge is -2.15. The number of halogens is 2.